The number of hydrogen-bond acceptors (Lipinski definition) is 4. The van der Waals surface area contributed by atoms with Crippen LogP contribution >= 0.6 is 0 Å². The van der Waals surface area contributed by atoms with Gasteiger partial charge in [0.05, 0.1) is 17.7 Å². The summed E-state index contributed by atoms with van der Waals surface area (Å²) in [6.45, 7) is 5.48. The Kier molecular flexibility index (Phi) is 5.13. The fourth-order valence-electron chi connectivity index (χ4n) is 4.72. The Morgan fingerprint density at radius 2 is 1.87 bits per heavy atom. The van der Waals surface area contributed by atoms with E-state index in [0.29, 0.717) is 6.54 Å². The molecule has 0 atom stereocenters. The average Bonchev–Trinajstić information content (AvgIpc) is 3.18. The number of aromatic nitrogens is 1. The first-order valence-electron chi connectivity index (χ1n) is 11.0. The number of piperidine rings is 1. The van der Waals surface area contributed by atoms with Gasteiger partial charge >= 0.3 is 0 Å². The highest BCUT2D eigenvalue weighted by Gasteiger charge is 2.27. The van der Waals surface area contributed by atoms with E-state index in [9.17, 15) is 4.79 Å². The van der Waals surface area contributed by atoms with E-state index in [2.05, 4.69) is 52.4 Å². The fraction of sp³-hybridized carbons (Fsp3) is 0.360. The number of amides is 1. The third kappa shape index (κ3) is 3.65. The minimum absolute atomic E-state index is 0.0736. The summed E-state index contributed by atoms with van der Waals surface area (Å²) in [5.74, 6) is 1.04. The molecule has 2 aliphatic rings. The van der Waals surface area contributed by atoms with Crippen molar-refractivity contribution >= 4 is 34.0 Å². The van der Waals surface area contributed by atoms with Crippen LogP contribution in [0.4, 0.5) is 17.2 Å². The number of fused-ring (bicyclic) bond motifs is 2. The molecular formula is C25H28N4O. The molecule has 0 radical (unpaired) electrons. The van der Waals surface area contributed by atoms with Gasteiger partial charge in [-0.15, -0.1) is 0 Å². The Balaban J connectivity index is 1.51. The molecule has 5 rings (SSSR count). The van der Waals surface area contributed by atoms with Crippen LogP contribution in [0.25, 0.3) is 10.9 Å². The summed E-state index contributed by atoms with van der Waals surface area (Å²) in [7, 11) is 0. The summed E-state index contributed by atoms with van der Waals surface area (Å²) < 4.78 is 0. The summed E-state index contributed by atoms with van der Waals surface area (Å²) in [6, 6.07) is 16.6. The van der Waals surface area contributed by atoms with Gasteiger partial charge in [-0.25, -0.2) is 4.98 Å². The smallest absolute Gasteiger partial charge is 0.238 e. The number of likely N-dealkylation sites (tertiary alicyclic amines) is 1. The number of rotatable bonds is 4. The molecule has 5 heteroatoms. The molecule has 1 N–H and O–H groups in total. The van der Waals surface area contributed by atoms with Gasteiger partial charge in [-0.05, 0) is 63.0 Å². The normalized spacial score (nSPS) is 16.6. The van der Waals surface area contributed by atoms with E-state index in [1.54, 1.807) is 0 Å². The molecule has 2 aromatic carbocycles. The number of benzene rings is 2. The summed E-state index contributed by atoms with van der Waals surface area (Å²) in [6.07, 6.45) is 4.52. The van der Waals surface area contributed by atoms with Crippen LogP contribution in [-0.4, -0.2) is 42.0 Å². The number of pyridine rings is 1. The van der Waals surface area contributed by atoms with E-state index in [1.165, 1.54) is 24.8 Å². The van der Waals surface area contributed by atoms with E-state index in [1.807, 2.05) is 18.2 Å². The van der Waals surface area contributed by atoms with Gasteiger partial charge in [0, 0.05) is 23.2 Å². The predicted octanol–water partition coefficient (Wildman–Crippen LogP) is 4.66. The van der Waals surface area contributed by atoms with Gasteiger partial charge in [0.2, 0.25) is 5.91 Å². The second kappa shape index (κ2) is 8.07. The van der Waals surface area contributed by atoms with E-state index in [-0.39, 0.29) is 5.91 Å². The highest BCUT2D eigenvalue weighted by Crippen LogP contribution is 2.40. The largest absolute Gasteiger partial charge is 0.326 e. The number of hydrogen-bond donors (Lipinski definition) is 1. The van der Waals surface area contributed by atoms with Crippen LogP contribution in [-0.2, 0) is 11.2 Å². The van der Waals surface area contributed by atoms with Crippen molar-refractivity contribution in [3.8, 4) is 0 Å². The molecule has 5 nitrogen and oxygen atoms in total. The van der Waals surface area contributed by atoms with E-state index in [4.69, 9.17) is 4.98 Å². The van der Waals surface area contributed by atoms with Gasteiger partial charge in [0.15, 0.2) is 0 Å². The standard InChI is InChI=1S/C25H28N4O/c1-18-8-7-9-19(16-18)29-15-12-21-24(20-10-3-4-11-22(20)26-25(21)29)27-23(30)17-28-13-5-2-6-14-28/h3-4,7-11,16H,2,5-6,12-15,17H2,1H3,(H,26,27,30). The summed E-state index contributed by atoms with van der Waals surface area (Å²) in [5, 5.41) is 4.29. The highest BCUT2D eigenvalue weighted by molar-refractivity contribution is 6.05. The molecule has 3 aromatic rings. The number of carbonyl (C=O) groups is 1. The van der Waals surface area contributed by atoms with Crippen LogP contribution in [0.15, 0.2) is 48.5 Å². The van der Waals surface area contributed by atoms with Crippen LogP contribution in [0.2, 0.25) is 0 Å². The molecule has 0 bridgehead atoms. The van der Waals surface area contributed by atoms with Crippen molar-refractivity contribution < 1.29 is 4.79 Å². The molecule has 154 valence electrons. The molecule has 0 spiro atoms. The Labute approximate surface area is 177 Å². The van der Waals surface area contributed by atoms with Crippen molar-refractivity contribution in [2.24, 2.45) is 0 Å². The zero-order valence-electron chi connectivity index (χ0n) is 17.5. The van der Waals surface area contributed by atoms with E-state index in [0.717, 1.165) is 59.7 Å². The molecule has 1 amide bonds. The molecular weight excluding hydrogens is 372 g/mol. The topological polar surface area (TPSA) is 48.5 Å². The monoisotopic (exact) mass is 400 g/mol. The number of aryl methyl sites for hydroxylation is 1. The van der Waals surface area contributed by atoms with E-state index >= 15 is 0 Å². The second-order valence-corrected chi connectivity index (χ2v) is 8.43. The molecule has 1 aromatic heterocycles. The van der Waals surface area contributed by atoms with Gasteiger partial charge in [-0.2, -0.15) is 0 Å². The Hall–Kier alpha value is -2.92. The average molecular weight is 401 g/mol. The fourth-order valence-corrected chi connectivity index (χ4v) is 4.72. The third-order valence-corrected chi connectivity index (χ3v) is 6.21. The first-order chi connectivity index (χ1) is 14.7. The molecule has 30 heavy (non-hydrogen) atoms. The Morgan fingerprint density at radius 3 is 2.70 bits per heavy atom. The molecule has 0 saturated carbocycles. The van der Waals surface area contributed by atoms with Crippen molar-refractivity contribution in [3.63, 3.8) is 0 Å². The minimum atomic E-state index is 0.0736. The van der Waals surface area contributed by atoms with Crippen LogP contribution in [0, 0.1) is 6.92 Å². The maximum absolute atomic E-state index is 12.9. The highest BCUT2D eigenvalue weighted by atomic mass is 16.2. The number of nitrogens with zero attached hydrogens (tertiary/aromatic N) is 3. The maximum atomic E-state index is 12.9. The van der Waals surface area contributed by atoms with Crippen LogP contribution in [0.5, 0.6) is 0 Å². The summed E-state index contributed by atoms with van der Waals surface area (Å²) in [5.41, 5.74) is 5.39. The van der Waals surface area contributed by atoms with Crippen molar-refractivity contribution in [2.45, 2.75) is 32.6 Å². The van der Waals surface area contributed by atoms with Gasteiger partial charge in [0.1, 0.15) is 5.82 Å². The lowest BCUT2D eigenvalue weighted by molar-refractivity contribution is -0.117. The maximum Gasteiger partial charge on any atom is 0.238 e. The Morgan fingerprint density at radius 1 is 1.03 bits per heavy atom. The third-order valence-electron chi connectivity index (χ3n) is 6.21. The molecule has 2 aliphatic heterocycles. The lowest BCUT2D eigenvalue weighted by Crippen LogP contribution is -2.37. The summed E-state index contributed by atoms with van der Waals surface area (Å²) >= 11 is 0. The first-order valence-corrected chi connectivity index (χ1v) is 11.0. The van der Waals surface area contributed by atoms with Crippen LogP contribution in [0.1, 0.15) is 30.4 Å². The van der Waals surface area contributed by atoms with Gasteiger partial charge in [0.25, 0.3) is 0 Å². The quantitative estimate of drug-likeness (QED) is 0.692. The van der Waals surface area contributed by atoms with Crippen molar-refractivity contribution in [1.29, 1.82) is 0 Å². The molecule has 1 fully saturated rings. The van der Waals surface area contributed by atoms with Crippen molar-refractivity contribution in [2.75, 3.05) is 36.4 Å². The SMILES string of the molecule is Cc1cccc(N2CCc3c2nc2ccccc2c3NC(=O)CN2CCCCC2)c1. The van der Waals surface area contributed by atoms with Crippen LogP contribution in [0.3, 0.4) is 0 Å². The van der Waals surface area contributed by atoms with Gasteiger partial charge in [-0.3, -0.25) is 9.69 Å². The lowest BCUT2D eigenvalue weighted by atomic mass is 10.1. The predicted molar refractivity (Wildman–Crippen MR) is 123 cm³/mol. The molecule has 0 aliphatic carbocycles. The number of nitrogens with one attached hydrogen (secondary N) is 1. The zero-order valence-corrected chi connectivity index (χ0v) is 17.5. The van der Waals surface area contributed by atoms with Gasteiger partial charge < -0.3 is 10.2 Å². The first kappa shape index (κ1) is 19.1. The number of anilines is 3. The second-order valence-electron chi connectivity index (χ2n) is 8.43. The number of para-hydroxylation sites is 1. The summed E-state index contributed by atoms with van der Waals surface area (Å²) in [4.78, 5) is 22.5. The lowest BCUT2D eigenvalue weighted by Gasteiger charge is -2.26. The van der Waals surface area contributed by atoms with Crippen LogP contribution < -0.4 is 10.2 Å². The Bertz CT molecular complexity index is 1090. The zero-order chi connectivity index (χ0) is 20.5. The molecule has 1 saturated heterocycles. The van der Waals surface area contributed by atoms with Crippen molar-refractivity contribution in [1.82, 2.24) is 9.88 Å². The molecule has 3 heterocycles. The van der Waals surface area contributed by atoms with Crippen molar-refractivity contribution in [3.05, 3.63) is 59.7 Å². The van der Waals surface area contributed by atoms with E-state index < -0.39 is 0 Å². The minimum Gasteiger partial charge on any atom is -0.326 e. The molecule has 0 unspecified atom stereocenters. The number of carbonyl (C=O) groups excluding carboxylic acids is 1. The van der Waals surface area contributed by atoms with Gasteiger partial charge in [-0.1, -0.05) is 36.8 Å².